The molecule has 0 aliphatic carbocycles. The van der Waals surface area contributed by atoms with Gasteiger partial charge < -0.3 is 5.11 Å². The minimum absolute atomic E-state index is 0.0304. The number of aliphatic hydroxyl groups is 1. The van der Waals surface area contributed by atoms with Gasteiger partial charge in [0.2, 0.25) is 0 Å². The van der Waals surface area contributed by atoms with Crippen molar-refractivity contribution in [1.29, 1.82) is 0 Å². The minimum atomic E-state index is 0.0304. The largest absolute Gasteiger partial charge is 0.394 e. The second kappa shape index (κ2) is 4.97. The molecule has 0 radical (unpaired) electrons. The molecule has 0 saturated heterocycles. The van der Waals surface area contributed by atoms with Crippen LogP contribution in [0, 0.1) is 0 Å². The van der Waals surface area contributed by atoms with Gasteiger partial charge >= 0.3 is 0 Å². The first-order valence-electron chi connectivity index (χ1n) is 4.79. The lowest BCUT2D eigenvalue weighted by atomic mass is 10.2. The smallest absolute Gasteiger partial charge is 0.0827 e. The molecule has 1 aromatic rings. The van der Waals surface area contributed by atoms with Gasteiger partial charge in [0.05, 0.1) is 18.3 Å². The maximum absolute atomic E-state index is 8.88. The van der Waals surface area contributed by atoms with Crippen LogP contribution in [0.3, 0.4) is 0 Å². The topological polar surface area (TPSA) is 50.9 Å². The number of hydrogen-bond donors (Lipinski definition) is 1. The quantitative estimate of drug-likeness (QED) is 0.745. The second-order valence-corrected chi connectivity index (χ2v) is 3.33. The Morgan fingerprint density at radius 3 is 3.00 bits per heavy atom. The second-order valence-electron chi connectivity index (χ2n) is 3.33. The molecule has 1 unspecified atom stereocenters. The van der Waals surface area contributed by atoms with Crippen LogP contribution in [-0.4, -0.2) is 26.7 Å². The lowest BCUT2D eigenvalue weighted by Crippen LogP contribution is -2.09. The zero-order valence-electron chi connectivity index (χ0n) is 8.27. The Hall–Kier alpha value is -0.900. The third-order valence-electron chi connectivity index (χ3n) is 2.06. The molecule has 1 rings (SSSR count). The summed E-state index contributed by atoms with van der Waals surface area (Å²) >= 11 is 0. The molecule has 0 fully saturated rings. The van der Waals surface area contributed by atoms with Crippen LogP contribution in [0.25, 0.3) is 0 Å². The van der Waals surface area contributed by atoms with Crippen molar-refractivity contribution in [3.05, 3.63) is 11.9 Å². The highest BCUT2D eigenvalue weighted by Crippen LogP contribution is 2.05. The molecule has 4 heteroatoms. The summed E-state index contributed by atoms with van der Waals surface area (Å²) in [5, 5.41) is 16.9. The van der Waals surface area contributed by atoms with E-state index in [1.165, 1.54) is 6.42 Å². The highest BCUT2D eigenvalue weighted by Gasteiger charge is 2.05. The predicted molar refractivity (Wildman–Crippen MR) is 50.4 cm³/mol. The third-order valence-corrected chi connectivity index (χ3v) is 2.06. The number of aliphatic hydroxyl groups excluding tert-OH is 1. The molecule has 4 nitrogen and oxygen atoms in total. The zero-order chi connectivity index (χ0) is 9.68. The van der Waals surface area contributed by atoms with E-state index in [0.717, 1.165) is 18.5 Å². The Bertz CT molecular complexity index is 247. The normalized spacial score (nSPS) is 13.2. The van der Waals surface area contributed by atoms with Gasteiger partial charge in [-0.25, -0.2) is 4.68 Å². The third kappa shape index (κ3) is 2.81. The molecule has 1 atom stereocenters. The van der Waals surface area contributed by atoms with Crippen LogP contribution < -0.4 is 0 Å². The molecule has 74 valence electrons. The van der Waals surface area contributed by atoms with Gasteiger partial charge in [-0.15, -0.1) is 5.10 Å². The van der Waals surface area contributed by atoms with Crippen LogP contribution in [0.4, 0.5) is 0 Å². The van der Waals surface area contributed by atoms with Crippen molar-refractivity contribution in [1.82, 2.24) is 15.0 Å². The Morgan fingerprint density at radius 1 is 1.62 bits per heavy atom. The number of hydrogen-bond acceptors (Lipinski definition) is 3. The lowest BCUT2D eigenvalue weighted by Gasteiger charge is -2.05. The van der Waals surface area contributed by atoms with Gasteiger partial charge in [-0.2, -0.15) is 0 Å². The SMILES string of the molecule is CCCCc1cn(C(C)CO)nn1. The summed E-state index contributed by atoms with van der Waals surface area (Å²) in [6, 6.07) is 0.0304. The van der Waals surface area contributed by atoms with E-state index in [-0.39, 0.29) is 12.6 Å². The van der Waals surface area contributed by atoms with E-state index in [9.17, 15) is 0 Å². The number of aryl methyl sites for hydroxylation is 1. The van der Waals surface area contributed by atoms with Crippen molar-refractivity contribution in [3.8, 4) is 0 Å². The molecule has 0 spiro atoms. The van der Waals surface area contributed by atoms with E-state index in [0.29, 0.717) is 0 Å². The van der Waals surface area contributed by atoms with Crippen molar-refractivity contribution in [2.45, 2.75) is 39.2 Å². The van der Waals surface area contributed by atoms with Gasteiger partial charge in [0.1, 0.15) is 0 Å². The summed E-state index contributed by atoms with van der Waals surface area (Å²) in [6.45, 7) is 4.18. The summed E-state index contributed by atoms with van der Waals surface area (Å²) in [5.74, 6) is 0. The summed E-state index contributed by atoms with van der Waals surface area (Å²) in [6.07, 6.45) is 5.21. The first-order valence-corrected chi connectivity index (χ1v) is 4.79. The van der Waals surface area contributed by atoms with E-state index in [2.05, 4.69) is 17.2 Å². The fraction of sp³-hybridized carbons (Fsp3) is 0.778. The number of nitrogens with zero attached hydrogens (tertiary/aromatic N) is 3. The molecule has 0 saturated carbocycles. The van der Waals surface area contributed by atoms with E-state index in [1.807, 2.05) is 13.1 Å². The number of rotatable bonds is 5. The Labute approximate surface area is 78.6 Å². The molecular formula is C9H17N3O. The molecule has 0 amide bonds. The standard InChI is InChI=1S/C9H17N3O/c1-3-4-5-9-6-12(11-10-9)8(2)7-13/h6,8,13H,3-5,7H2,1-2H3. The van der Waals surface area contributed by atoms with Gasteiger partial charge in [-0.1, -0.05) is 18.6 Å². The predicted octanol–water partition coefficient (Wildman–Crippen LogP) is 1.17. The van der Waals surface area contributed by atoms with Crippen LogP contribution in [-0.2, 0) is 6.42 Å². The average molecular weight is 183 g/mol. The van der Waals surface area contributed by atoms with Crippen molar-refractivity contribution >= 4 is 0 Å². The maximum atomic E-state index is 8.88. The van der Waals surface area contributed by atoms with Crippen molar-refractivity contribution in [3.63, 3.8) is 0 Å². The first kappa shape index (κ1) is 10.2. The van der Waals surface area contributed by atoms with E-state index < -0.39 is 0 Å². The molecule has 0 bridgehead atoms. The van der Waals surface area contributed by atoms with Crippen LogP contribution >= 0.6 is 0 Å². The van der Waals surface area contributed by atoms with Crippen LogP contribution in [0.1, 0.15) is 38.4 Å². The number of aromatic nitrogens is 3. The molecule has 13 heavy (non-hydrogen) atoms. The molecule has 1 heterocycles. The lowest BCUT2D eigenvalue weighted by molar-refractivity contribution is 0.228. The first-order chi connectivity index (χ1) is 6.27. The van der Waals surface area contributed by atoms with E-state index in [1.54, 1.807) is 4.68 Å². The Morgan fingerprint density at radius 2 is 2.38 bits per heavy atom. The van der Waals surface area contributed by atoms with Gasteiger partial charge in [0.25, 0.3) is 0 Å². The van der Waals surface area contributed by atoms with Gasteiger partial charge in [0.15, 0.2) is 0 Å². The molecule has 0 aromatic carbocycles. The molecule has 0 aliphatic rings. The fourth-order valence-corrected chi connectivity index (χ4v) is 1.08. The van der Waals surface area contributed by atoms with Crippen LogP contribution in [0.2, 0.25) is 0 Å². The maximum Gasteiger partial charge on any atom is 0.0827 e. The van der Waals surface area contributed by atoms with Gasteiger partial charge in [-0.3, -0.25) is 0 Å². The van der Waals surface area contributed by atoms with Crippen molar-refractivity contribution in [2.24, 2.45) is 0 Å². The zero-order valence-corrected chi connectivity index (χ0v) is 8.27. The van der Waals surface area contributed by atoms with E-state index in [4.69, 9.17) is 5.11 Å². The summed E-state index contributed by atoms with van der Waals surface area (Å²) in [5.41, 5.74) is 1.02. The Kier molecular flexibility index (Phi) is 3.89. The van der Waals surface area contributed by atoms with Gasteiger partial charge in [0, 0.05) is 6.20 Å². The highest BCUT2D eigenvalue weighted by atomic mass is 16.3. The molecular weight excluding hydrogens is 166 g/mol. The van der Waals surface area contributed by atoms with Crippen LogP contribution in [0.15, 0.2) is 6.20 Å². The molecule has 0 aliphatic heterocycles. The minimum Gasteiger partial charge on any atom is -0.394 e. The fourth-order valence-electron chi connectivity index (χ4n) is 1.08. The van der Waals surface area contributed by atoms with Crippen LogP contribution in [0.5, 0.6) is 0 Å². The number of unbranched alkanes of at least 4 members (excludes halogenated alkanes) is 1. The molecule has 1 N–H and O–H groups in total. The monoisotopic (exact) mass is 183 g/mol. The highest BCUT2D eigenvalue weighted by molar-refractivity contribution is 4.93. The van der Waals surface area contributed by atoms with E-state index >= 15 is 0 Å². The Balaban J connectivity index is 2.53. The van der Waals surface area contributed by atoms with Crippen molar-refractivity contribution < 1.29 is 5.11 Å². The summed E-state index contributed by atoms with van der Waals surface area (Å²) < 4.78 is 1.71. The average Bonchev–Trinajstić information content (AvgIpc) is 2.62. The molecule has 1 aromatic heterocycles. The summed E-state index contributed by atoms with van der Waals surface area (Å²) in [7, 11) is 0. The van der Waals surface area contributed by atoms with Crippen molar-refractivity contribution in [2.75, 3.05) is 6.61 Å². The van der Waals surface area contributed by atoms with Gasteiger partial charge in [-0.05, 0) is 19.8 Å². The summed E-state index contributed by atoms with van der Waals surface area (Å²) in [4.78, 5) is 0.